The number of hydrogen-bond acceptors (Lipinski definition) is 4. The number of hydrogen-bond donors (Lipinski definition) is 2. The number of fused-ring (bicyclic) bond motifs is 1. The van der Waals surface area contributed by atoms with Crippen molar-refractivity contribution in [2.45, 2.75) is 12.5 Å². The van der Waals surface area contributed by atoms with Crippen molar-refractivity contribution in [3.63, 3.8) is 0 Å². The summed E-state index contributed by atoms with van der Waals surface area (Å²) in [5.41, 5.74) is 5.13. The molecule has 0 radical (unpaired) electrons. The van der Waals surface area contributed by atoms with E-state index in [2.05, 4.69) is 34.9 Å². The van der Waals surface area contributed by atoms with E-state index in [0.29, 0.717) is 0 Å². The van der Waals surface area contributed by atoms with Gasteiger partial charge in [0.15, 0.2) is 0 Å². The first-order valence-corrected chi connectivity index (χ1v) is 7.04. The van der Waals surface area contributed by atoms with E-state index >= 15 is 0 Å². The molecule has 1 aromatic carbocycles. The Morgan fingerprint density at radius 1 is 1.41 bits per heavy atom. The molecule has 90 valence electrons. The zero-order valence-electron chi connectivity index (χ0n) is 9.89. The number of hydrazine groups is 1. The van der Waals surface area contributed by atoms with Crippen molar-refractivity contribution in [3.8, 4) is 0 Å². The van der Waals surface area contributed by atoms with E-state index in [-0.39, 0.29) is 6.04 Å². The highest BCUT2D eigenvalue weighted by atomic mass is 32.2. The van der Waals surface area contributed by atoms with Crippen LogP contribution >= 0.6 is 11.8 Å². The van der Waals surface area contributed by atoms with Crippen LogP contribution in [-0.4, -0.2) is 17.0 Å². The fourth-order valence-corrected chi connectivity index (χ4v) is 2.36. The van der Waals surface area contributed by atoms with Crippen LogP contribution in [0.3, 0.4) is 0 Å². The highest BCUT2D eigenvalue weighted by Crippen LogP contribution is 2.21. The minimum Gasteiger partial charge on any atom is -0.271 e. The number of aromatic nitrogens is 1. The topological polar surface area (TPSA) is 50.9 Å². The predicted octanol–water partition coefficient (Wildman–Crippen LogP) is 2.49. The van der Waals surface area contributed by atoms with Crippen molar-refractivity contribution in [1.29, 1.82) is 0 Å². The molecule has 0 saturated heterocycles. The number of rotatable bonds is 5. The lowest BCUT2D eigenvalue weighted by Crippen LogP contribution is -2.28. The standard InChI is InChI=1S/C13H17N3S/c1-17-8-6-13(16-14)11-4-5-12-10(9-11)3-2-7-15-12/h2-5,7,9,13,16H,6,8,14H2,1H3. The molecule has 3 N–H and O–H groups in total. The lowest BCUT2D eigenvalue weighted by Gasteiger charge is -2.16. The lowest BCUT2D eigenvalue weighted by atomic mass is 10.0. The summed E-state index contributed by atoms with van der Waals surface area (Å²) in [5.74, 6) is 6.71. The number of nitrogens with one attached hydrogen (secondary N) is 1. The van der Waals surface area contributed by atoms with E-state index in [1.165, 1.54) is 5.56 Å². The van der Waals surface area contributed by atoms with Gasteiger partial charge in [-0.15, -0.1) is 0 Å². The predicted molar refractivity (Wildman–Crippen MR) is 74.8 cm³/mol. The largest absolute Gasteiger partial charge is 0.271 e. The minimum atomic E-state index is 0.215. The van der Waals surface area contributed by atoms with Gasteiger partial charge in [0.2, 0.25) is 0 Å². The molecule has 0 aliphatic rings. The highest BCUT2D eigenvalue weighted by Gasteiger charge is 2.09. The number of benzene rings is 1. The minimum absolute atomic E-state index is 0.215. The summed E-state index contributed by atoms with van der Waals surface area (Å²) in [4.78, 5) is 4.31. The SMILES string of the molecule is CSCCC(NN)c1ccc2ncccc2c1. The Kier molecular flexibility index (Phi) is 4.36. The molecule has 0 bridgehead atoms. The first-order valence-electron chi connectivity index (χ1n) is 5.65. The molecule has 0 amide bonds. The molecule has 2 rings (SSSR count). The Balaban J connectivity index is 2.27. The van der Waals surface area contributed by atoms with Gasteiger partial charge in [0.25, 0.3) is 0 Å². The molecule has 3 nitrogen and oxygen atoms in total. The van der Waals surface area contributed by atoms with Crippen molar-refractivity contribution >= 4 is 22.7 Å². The van der Waals surface area contributed by atoms with Crippen molar-refractivity contribution < 1.29 is 0 Å². The number of pyridine rings is 1. The number of nitrogens with zero attached hydrogens (tertiary/aromatic N) is 1. The van der Waals surface area contributed by atoms with Gasteiger partial charge >= 0.3 is 0 Å². The van der Waals surface area contributed by atoms with Crippen LogP contribution in [0.4, 0.5) is 0 Å². The van der Waals surface area contributed by atoms with Crippen LogP contribution in [0.2, 0.25) is 0 Å². The Bertz CT molecular complexity index is 487. The maximum atomic E-state index is 5.61. The zero-order chi connectivity index (χ0) is 12.1. The average molecular weight is 247 g/mol. The molecule has 1 unspecified atom stereocenters. The van der Waals surface area contributed by atoms with Gasteiger partial charge in [-0.25, -0.2) is 0 Å². The third-order valence-electron chi connectivity index (χ3n) is 2.84. The fraction of sp³-hybridized carbons (Fsp3) is 0.308. The van der Waals surface area contributed by atoms with Crippen LogP contribution in [0, 0.1) is 0 Å². The summed E-state index contributed by atoms with van der Waals surface area (Å²) in [6, 6.07) is 10.6. The summed E-state index contributed by atoms with van der Waals surface area (Å²) >= 11 is 1.84. The first kappa shape index (κ1) is 12.4. The maximum absolute atomic E-state index is 5.61. The second-order valence-corrected chi connectivity index (χ2v) is 4.94. The van der Waals surface area contributed by atoms with Gasteiger partial charge < -0.3 is 0 Å². The molecule has 4 heteroatoms. The van der Waals surface area contributed by atoms with Gasteiger partial charge in [-0.3, -0.25) is 16.3 Å². The Morgan fingerprint density at radius 3 is 3.06 bits per heavy atom. The molecular weight excluding hydrogens is 230 g/mol. The lowest BCUT2D eigenvalue weighted by molar-refractivity contribution is 0.543. The molecule has 1 heterocycles. The number of nitrogens with two attached hydrogens (primary N) is 1. The van der Waals surface area contributed by atoms with Gasteiger partial charge in [-0.05, 0) is 42.2 Å². The molecule has 17 heavy (non-hydrogen) atoms. The van der Waals surface area contributed by atoms with Crippen molar-refractivity contribution in [3.05, 3.63) is 42.1 Å². The molecule has 0 saturated carbocycles. The van der Waals surface area contributed by atoms with Crippen LogP contribution in [-0.2, 0) is 0 Å². The normalized spacial score (nSPS) is 12.8. The van der Waals surface area contributed by atoms with Gasteiger partial charge in [-0.2, -0.15) is 11.8 Å². The smallest absolute Gasteiger partial charge is 0.0702 e. The molecule has 0 aliphatic heterocycles. The second kappa shape index (κ2) is 6.00. The van der Waals surface area contributed by atoms with Crippen molar-refractivity contribution in [2.24, 2.45) is 5.84 Å². The van der Waals surface area contributed by atoms with Crippen LogP contribution in [0.15, 0.2) is 36.5 Å². The Hall–Kier alpha value is -1.10. The molecule has 1 aromatic heterocycles. The molecule has 0 spiro atoms. The summed E-state index contributed by atoms with van der Waals surface area (Å²) in [5, 5.41) is 1.16. The maximum Gasteiger partial charge on any atom is 0.0702 e. The van der Waals surface area contributed by atoms with Crippen LogP contribution in [0.25, 0.3) is 10.9 Å². The van der Waals surface area contributed by atoms with E-state index in [4.69, 9.17) is 5.84 Å². The molecule has 0 fully saturated rings. The van der Waals surface area contributed by atoms with E-state index in [9.17, 15) is 0 Å². The highest BCUT2D eigenvalue weighted by molar-refractivity contribution is 7.98. The molecule has 2 aromatic rings. The summed E-state index contributed by atoms with van der Waals surface area (Å²) in [6.45, 7) is 0. The molecule has 1 atom stereocenters. The summed E-state index contributed by atoms with van der Waals surface area (Å²) in [7, 11) is 0. The average Bonchev–Trinajstić information content (AvgIpc) is 2.39. The van der Waals surface area contributed by atoms with Crippen LogP contribution < -0.4 is 11.3 Å². The van der Waals surface area contributed by atoms with Gasteiger partial charge in [0.1, 0.15) is 0 Å². The fourth-order valence-electron chi connectivity index (χ4n) is 1.89. The second-order valence-electron chi connectivity index (χ2n) is 3.96. The van der Waals surface area contributed by atoms with E-state index in [0.717, 1.165) is 23.1 Å². The summed E-state index contributed by atoms with van der Waals surface area (Å²) in [6.07, 6.45) is 4.95. The quantitative estimate of drug-likeness (QED) is 0.629. The third kappa shape index (κ3) is 2.97. The summed E-state index contributed by atoms with van der Waals surface area (Å²) < 4.78 is 0. The van der Waals surface area contributed by atoms with Gasteiger partial charge in [0.05, 0.1) is 5.52 Å². The van der Waals surface area contributed by atoms with Crippen molar-refractivity contribution in [1.82, 2.24) is 10.4 Å². The Labute approximate surface area is 106 Å². The third-order valence-corrected chi connectivity index (χ3v) is 3.49. The van der Waals surface area contributed by atoms with Gasteiger partial charge in [0, 0.05) is 17.6 Å². The molecule has 0 aliphatic carbocycles. The zero-order valence-corrected chi connectivity index (χ0v) is 10.7. The number of thioether (sulfide) groups is 1. The Morgan fingerprint density at radius 2 is 2.29 bits per heavy atom. The van der Waals surface area contributed by atoms with Crippen molar-refractivity contribution in [2.75, 3.05) is 12.0 Å². The van der Waals surface area contributed by atoms with Crippen LogP contribution in [0.1, 0.15) is 18.0 Å². The van der Waals surface area contributed by atoms with Crippen LogP contribution in [0.5, 0.6) is 0 Å². The van der Waals surface area contributed by atoms with E-state index in [1.807, 2.05) is 30.1 Å². The van der Waals surface area contributed by atoms with E-state index < -0.39 is 0 Å². The first-order chi connectivity index (χ1) is 8.35. The monoisotopic (exact) mass is 247 g/mol. The van der Waals surface area contributed by atoms with E-state index in [1.54, 1.807) is 0 Å². The van der Waals surface area contributed by atoms with Gasteiger partial charge in [-0.1, -0.05) is 12.1 Å². The molecular formula is C13H17N3S.